The lowest BCUT2D eigenvalue weighted by molar-refractivity contribution is -0.192. The summed E-state index contributed by atoms with van der Waals surface area (Å²) in [5.41, 5.74) is -11.8. The summed E-state index contributed by atoms with van der Waals surface area (Å²) in [4.78, 5) is 57.2. The third kappa shape index (κ3) is 8.48. The van der Waals surface area contributed by atoms with E-state index < -0.39 is 128 Å². The average Bonchev–Trinajstić information content (AvgIpc) is 3.73. The maximum Gasteiger partial charge on any atom is 0.167 e. The summed E-state index contributed by atoms with van der Waals surface area (Å²) in [6, 6.07) is 0. The number of rotatable bonds is 15. The molecule has 0 amide bonds. The Kier molecular flexibility index (Phi) is 14.1. The van der Waals surface area contributed by atoms with Crippen LogP contribution < -0.4 is 0 Å². The molecule has 0 spiro atoms. The van der Waals surface area contributed by atoms with Crippen LogP contribution in [0.5, 0.6) is 0 Å². The van der Waals surface area contributed by atoms with E-state index >= 15 is 0 Å². The molecule has 20 atom stereocenters. The van der Waals surface area contributed by atoms with E-state index in [2.05, 4.69) is 0 Å². The molecule has 0 aromatic carbocycles. The van der Waals surface area contributed by atoms with Crippen LogP contribution in [0.4, 0.5) is 0 Å². The SMILES string of the molecule is CC([C@H](O)CCC(C)(C)O)[C@H]1CC[C@@]2(O)C3=CC(=O)[C@@H]4C[C@@H](O)[C@](O)(C(=O)CCC(=O)[C@]5(O)C[C@]6(C)C7CC[C@]8(C)[C@@H](C(C)[C@H](O)CCC(C)(C)O)CC[C@@]8(O)C7=CC(=O)[C@@H]6C[C@H]5O)C[C@]4(C)C3CC[C@]12C. The molecule has 0 aromatic rings. The first-order chi connectivity index (χ1) is 33.0. The Hall–Kier alpha value is -2.24. The minimum absolute atomic E-state index is 0.0921. The second-order valence-electron chi connectivity index (χ2n) is 27.8. The molecule has 72 heavy (non-hydrogen) atoms. The van der Waals surface area contributed by atoms with Gasteiger partial charge in [0.05, 0.1) is 46.8 Å². The summed E-state index contributed by atoms with van der Waals surface area (Å²) in [7, 11) is 0. The summed E-state index contributed by atoms with van der Waals surface area (Å²) in [6.07, 6.45) is 1.88. The van der Waals surface area contributed by atoms with Gasteiger partial charge in [-0.1, -0.05) is 41.5 Å². The lowest BCUT2D eigenvalue weighted by Gasteiger charge is -2.61. The zero-order valence-corrected chi connectivity index (χ0v) is 44.9. The van der Waals surface area contributed by atoms with Crippen LogP contribution in [-0.4, -0.2) is 132 Å². The molecule has 0 aromatic heterocycles. The second-order valence-corrected chi connectivity index (χ2v) is 27.8. The van der Waals surface area contributed by atoms with E-state index in [0.717, 1.165) is 0 Å². The maximum atomic E-state index is 14.4. The highest BCUT2D eigenvalue weighted by molar-refractivity contribution is 5.98. The average molecular weight is 1010 g/mol. The van der Waals surface area contributed by atoms with Crippen molar-refractivity contribution in [1.82, 2.24) is 0 Å². The first kappa shape index (κ1) is 56.0. The van der Waals surface area contributed by atoms with E-state index in [4.69, 9.17) is 0 Å². The van der Waals surface area contributed by atoms with Gasteiger partial charge < -0.3 is 51.1 Å². The van der Waals surface area contributed by atoms with Gasteiger partial charge in [0, 0.05) is 35.5 Å². The van der Waals surface area contributed by atoms with E-state index in [1.165, 1.54) is 12.2 Å². The molecule has 4 unspecified atom stereocenters. The first-order valence-electron chi connectivity index (χ1n) is 27.6. The lowest BCUT2D eigenvalue weighted by atomic mass is 9.44. The van der Waals surface area contributed by atoms with Gasteiger partial charge in [0.1, 0.15) is 11.2 Å². The summed E-state index contributed by atoms with van der Waals surface area (Å²) >= 11 is 0. The Morgan fingerprint density at radius 3 is 1.24 bits per heavy atom. The van der Waals surface area contributed by atoms with Crippen molar-refractivity contribution in [2.75, 3.05) is 0 Å². The van der Waals surface area contributed by atoms with Gasteiger partial charge in [-0.2, -0.15) is 0 Å². The number of aliphatic hydroxyl groups excluding tert-OH is 4. The zero-order chi connectivity index (χ0) is 53.5. The van der Waals surface area contributed by atoms with Gasteiger partial charge in [-0.3, -0.25) is 19.2 Å². The molecule has 14 heteroatoms. The summed E-state index contributed by atoms with van der Waals surface area (Å²) in [6.45, 7) is 18.5. The minimum atomic E-state index is -2.37. The van der Waals surface area contributed by atoms with Gasteiger partial charge in [-0.25, -0.2) is 0 Å². The molecule has 8 aliphatic carbocycles. The predicted molar refractivity (Wildman–Crippen MR) is 267 cm³/mol. The van der Waals surface area contributed by atoms with Crippen molar-refractivity contribution in [1.29, 1.82) is 0 Å². The van der Waals surface area contributed by atoms with Gasteiger partial charge in [-0.15, -0.1) is 0 Å². The Morgan fingerprint density at radius 1 is 0.583 bits per heavy atom. The van der Waals surface area contributed by atoms with Gasteiger partial charge >= 0.3 is 0 Å². The summed E-state index contributed by atoms with van der Waals surface area (Å²) < 4.78 is 0. The second kappa shape index (κ2) is 18.2. The van der Waals surface area contributed by atoms with Crippen molar-refractivity contribution < 1.29 is 70.2 Å². The Labute approximate surface area is 427 Å². The third-order valence-electron chi connectivity index (χ3n) is 22.7. The van der Waals surface area contributed by atoms with Crippen LogP contribution in [0.15, 0.2) is 23.3 Å². The predicted octanol–water partition coefficient (Wildman–Crippen LogP) is 5.15. The summed E-state index contributed by atoms with van der Waals surface area (Å²) in [5, 5.41) is 117. The Morgan fingerprint density at radius 2 is 0.917 bits per heavy atom. The van der Waals surface area contributed by atoms with Crippen LogP contribution in [0.2, 0.25) is 0 Å². The number of carbonyl (C=O) groups excluding carboxylic acids is 4. The number of fused-ring (bicyclic) bond motifs is 10. The fraction of sp³-hybridized carbons (Fsp3) is 0.862. The molecule has 6 fully saturated rings. The van der Waals surface area contributed by atoms with Gasteiger partial charge in [0.2, 0.25) is 0 Å². The van der Waals surface area contributed by atoms with Crippen LogP contribution >= 0.6 is 0 Å². The molecule has 0 bridgehead atoms. The number of hydrogen-bond acceptors (Lipinski definition) is 14. The van der Waals surface area contributed by atoms with E-state index in [-0.39, 0.29) is 60.9 Å². The van der Waals surface area contributed by atoms with Crippen molar-refractivity contribution in [3.63, 3.8) is 0 Å². The Balaban J connectivity index is 0.969. The molecule has 406 valence electrons. The molecule has 0 heterocycles. The molecule has 6 saturated carbocycles. The number of carbonyl (C=O) groups is 4. The number of aliphatic hydroxyl groups is 10. The smallest absolute Gasteiger partial charge is 0.167 e. The number of allylic oxidation sites excluding steroid dienone is 2. The minimum Gasteiger partial charge on any atom is -0.393 e. The summed E-state index contributed by atoms with van der Waals surface area (Å²) in [5.74, 6) is -5.19. The fourth-order valence-corrected chi connectivity index (χ4v) is 18.0. The highest BCUT2D eigenvalue weighted by Crippen LogP contribution is 2.71. The van der Waals surface area contributed by atoms with E-state index in [1.807, 2.05) is 41.5 Å². The molecule has 8 rings (SSSR count). The van der Waals surface area contributed by atoms with Crippen LogP contribution in [0.1, 0.15) is 185 Å². The van der Waals surface area contributed by atoms with E-state index in [1.54, 1.807) is 27.7 Å². The van der Waals surface area contributed by atoms with Crippen LogP contribution in [-0.2, 0) is 19.2 Å². The molecular formula is C58H90O14. The Bertz CT molecular complexity index is 2090. The van der Waals surface area contributed by atoms with E-state index in [0.29, 0.717) is 88.2 Å². The monoisotopic (exact) mass is 1010 g/mol. The quantitative estimate of drug-likeness (QED) is 0.102. The topological polar surface area (TPSA) is 271 Å². The molecule has 8 aliphatic rings. The van der Waals surface area contributed by atoms with Crippen LogP contribution in [0.25, 0.3) is 0 Å². The lowest BCUT2D eigenvalue weighted by Crippen LogP contribution is -2.66. The fourth-order valence-electron chi connectivity index (χ4n) is 18.0. The van der Waals surface area contributed by atoms with Crippen LogP contribution in [0.3, 0.4) is 0 Å². The number of hydrogen-bond donors (Lipinski definition) is 10. The number of Topliss-reactive ketones (excluding diaryl/α,β-unsaturated/α-hetero) is 2. The molecule has 0 aliphatic heterocycles. The van der Waals surface area contributed by atoms with Crippen molar-refractivity contribution in [3.8, 4) is 0 Å². The van der Waals surface area contributed by atoms with Gasteiger partial charge in [0.25, 0.3) is 0 Å². The molecular weight excluding hydrogens is 921 g/mol. The standard InChI is InChI=1S/C58H90O14/c1-31(41(59)17-19-49(3,4)67)33-15-23-57(71)37-25-43(61)39-27-47(65)55(69,29-51(39,7)35(37)13-21-53(33,57)9)45(63)11-12-46(64)56(70)30-52(8)36-14-22-54(10)34(32(2)42(60)18-20-50(5,6)68)16-24-58(54,72)38(36)26-44(62)40(52)28-48(56)66/h25-26,31-36,39-42,47-48,59-60,65-72H,11-24,27-30H2,1-10H3/t31?,32?,33-,34-,35?,36?,39+,40+,41-,42-,47-,48-,51-,52-,53-,54-,55-,56-,57-,58-/m1/s1. The molecule has 10 N–H and O–H groups in total. The normalized spacial score (nSPS) is 46.6. The van der Waals surface area contributed by atoms with Crippen LogP contribution in [0, 0.1) is 69.0 Å². The zero-order valence-electron chi connectivity index (χ0n) is 44.9. The molecule has 0 radical (unpaired) electrons. The maximum absolute atomic E-state index is 14.4. The van der Waals surface area contributed by atoms with Crippen molar-refractivity contribution >= 4 is 23.1 Å². The number of ketones is 4. The highest BCUT2D eigenvalue weighted by Gasteiger charge is 2.71. The van der Waals surface area contributed by atoms with Crippen molar-refractivity contribution in [2.45, 2.75) is 243 Å². The molecule has 14 nitrogen and oxygen atoms in total. The van der Waals surface area contributed by atoms with Crippen molar-refractivity contribution in [2.24, 2.45) is 69.0 Å². The largest absolute Gasteiger partial charge is 0.393 e. The third-order valence-corrected chi connectivity index (χ3v) is 22.7. The first-order valence-corrected chi connectivity index (χ1v) is 27.6. The van der Waals surface area contributed by atoms with Crippen molar-refractivity contribution in [3.05, 3.63) is 23.3 Å². The highest BCUT2D eigenvalue weighted by atomic mass is 16.4. The molecule has 0 saturated heterocycles. The van der Waals surface area contributed by atoms with Gasteiger partial charge in [0.15, 0.2) is 23.1 Å². The van der Waals surface area contributed by atoms with E-state index in [9.17, 15) is 70.2 Å². The van der Waals surface area contributed by atoms with Gasteiger partial charge in [-0.05, 0) is 200 Å².